The van der Waals surface area contributed by atoms with Gasteiger partial charge in [0.2, 0.25) is 0 Å². The number of nitrogens with zero attached hydrogens (tertiary/aromatic N) is 2. The smallest absolute Gasteiger partial charge is 0.335 e. The Bertz CT molecular complexity index is 177. The minimum absolute atomic E-state index is 0.451. The molecule has 0 fully saturated rings. The molecule has 1 heterocycles. The Morgan fingerprint density at radius 3 is 3.20 bits per heavy atom. The topological polar surface area (TPSA) is 41.9 Å². The highest BCUT2D eigenvalue weighted by atomic mass is 16.7. The lowest BCUT2D eigenvalue weighted by Gasteiger charge is -2.10. The van der Waals surface area contributed by atoms with E-state index in [9.17, 15) is 4.79 Å². The first-order valence-electron chi connectivity index (χ1n) is 2.94. The van der Waals surface area contributed by atoms with Gasteiger partial charge >= 0.3 is 5.97 Å². The predicted octanol–water partition coefficient (Wildman–Crippen LogP) is -0.0255. The van der Waals surface area contributed by atoms with E-state index in [4.69, 9.17) is 0 Å². The third-order valence-corrected chi connectivity index (χ3v) is 1.03. The zero-order valence-corrected chi connectivity index (χ0v) is 5.49. The molecular weight excluding hydrogens is 132 g/mol. The fourth-order valence-electron chi connectivity index (χ4n) is 0.585. The monoisotopic (exact) mass is 140 g/mol. The number of aliphatic imine (C=N–C) groups is 1. The van der Waals surface area contributed by atoms with Gasteiger partial charge in [-0.3, -0.25) is 4.99 Å². The first-order valence-corrected chi connectivity index (χ1v) is 2.94. The van der Waals surface area contributed by atoms with Gasteiger partial charge in [-0.2, -0.15) is 5.06 Å². The normalized spacial score (nSPS) is 15.4. The van der Waals surface area contributed by atoms with Gasteiger partial charge in [0.05, 0.1) is 13.1 Å². The Labute approximate surface area is 58.8 Å². The van der Waals surface area contributed by atoms with Crippen LogP contribution in [0.1, 0.15) is 0 Å². The highest BCUT2D eigenvalue weighted by Crippen LogP contribution is 1.94. The summed E-state index contributed by atoms with van der Waals surface area (Å²) in [6.07, 6.45) is 2.60. The van der Waals surface area contributed by atoms with E-state index in [1.54, 1.807) is 0 Å². The van der Waals surface area contributed by atoms with E-state index in [2.05, 4.69) is 16.4 Å². The van der Waals surface area contributed by atoms with Crippen LogP contribution in [0.4, 0.5) is 0 Å². The quantitative estimate of drug-likeness (QED) is 0.506. The molecule has 0 N–H and O–H groups in total. The number of carbonyl (C=O) groups is 1. The molecule has 4 heteroatoms. The van der Waals surface area contributed by atoms with Gasteiger partial charge in [-0.1, -0.05) is 6.58 Å². The lowest BCUT2D eigenvalue weighted by molar-refractivity contribution is -0.163. The molecule has 0 spiro atoms. The van der Waals surface area contributed by atoms with Gasteiger partial charge in [0.1, 0.15) is 6.34 Å². The summed E-state index contributed by atoms with van der Waals surface area (Å²) in [5.41, 5.74) is 0. The second kappa shape index (κ2) is 3.00. The van der Waals surface area contributed by atoms with Crippen LogP contribution >= 0.6 is 0 Å². The Morgan fingerprint density at radius 2 is 2.70 bits per heavy atom. The molecule has 4 nitrogen and oxygen atoms in total. The Hall–Kier alpha value is -1.32. The standard InChI is InChI=1S/C6H8N2O2/c1-2-6(9)10-8-4-3-7-5-8/h2,5H,1,3-4H2. The molecule has 0 radical (unpaired) electrons. The lowest BCUT2D eigenvalue weighted by atomic mass is 10.7. The lowest BCUT2D eigenvalue weighted by Crippen LogP contribution is -2.22. The summed E-state index contributed by atoms with van der Waals surface area (Å²) in [6, 6.07) is 0. The highest BCUT2D eigenvalue weighted by Gasteiger charge is 2.08. The number of hydrogen-bond donors (Lipinski definition) is 0. The minimum atomic E-state index is -0.451. The largest absolute Gasteiger partial charge is 0.355 e. The molecule has 0 saturated carbocycles. The number of carbonyl (C=O) groups excluding carboxylic acids is 1. The first-order chi connectivity index (χ1) is 4.83. The van der Waals surface area contributed by atoms with Gasteiger partial charge in [0, 0.05) is 6.08 Å². The molecule has 0 atom stereocenters. The predicted molar refractivity (Wildman–Crippen MR) is 36.4 cm³/mol. The maximum atomic E-state index is 10.5. The maximum absolute atomic E-state index is 10.5. The molecule has 0 amide bonds. The molecule has 0 bridgehead atoms. The van der Waals surface area contributed by atoms with E-state index in [1.807, 2.05) is 0 Å². The summed E-state index contributed by atoms with van der Waals surface area (Å²) in [6.45, 7) is 4.58. The Balaban J connectivity index is 2.31. The summed E-state index contributed by atoms with van der Waals surface area (Å²) in [4.78, 5) is 19.1. The van der Waals surface area contributed by atoms with E-state index < -0.39 is 5.97 Å². The van der Waals surface area contributed by atoms with Gasteiger partial charge < -0.3 is 4.84 Å². The van der Waals surface area contributed by atoms with Crippen LogP contribution in [0.15, 0.2) is 17.6 Å². The van der Waals surface area contributed by atoms with E-state index in [0.717, 1.165) is 6.08 Å². The average Bonchev–Trinajstić information content (AvgIpc) is 2.40. The fraction of sp³-hybridized carbons (Fsp3) is 0.333. The van der Waals surface area contributed by atoms with Crippen LogP contribution in [0.5, 0.6) is 0 Å². The third-order valence-electron chi connectivity index (χ3n) is 1.03. The van der Waals surface area contributed by atoms with Gasteiger partial charge in [-0.25, -0.2) is 4.79 Å². The molecule has 0 aromatic rings. The van der Waals surface area contributed by atoms with Crippen molar-refractivity contribution in [2.75, 3.05) is 13.1 Å². The van der Waals surface area contributed by atoms with Crippen molar-refractivity contribution in [1.82, 2.24) is 5.06 Å². The van der Waals surface area contributed by atoms with Crippen molar-refractivity contribution in [1.29, 1.82) is 0 Å². The second-order valence-electron chi connectivity index (χ2n) is 1.78. The van der Waals surface area contributed by atoms with E-state index in [0.29, 0.717) is 13.1 Å². The van der Waals surface area contributed by atoms with Gasteiger partial charge in [0.25, 0.3) is 0 Å². The first kappa shape index (κ1) is 6.80. The van der Waals surface area contributed by atoms with Crippen molar-refractivity contribution < 1.29 is 9.63 Å². The number of hydroxylamine groups is 2. The molecule has 0 aromatic carbocycles. The van der Waals surface area contributed by atoms with Crippen LogP contribution in [0.2, 0.25) is 0 Å². The molecule has 0 unspecified atom stereocenters. The van der Waals surface area contributed by atoms with Crippen molar-refractivity contribution in [2.24, 2.45) is 4.99 Å². The van der Waals surface area contributed by atoms with E-state index >= 15 is 0 Å². The second-order valence-corrected chi connectivity index (χ2v) is 1.78. The summed E-state index contributed by atoms with van der Waals surface area (Å²) < 4.78 is 0. The van der Waals surface area contributed by atoms with Crippen LogP contribution < -0.4 is 0 Å². The molecule has 54 valence electrons. The van der Waals surface area contributed by atoms with Crippen LogP contribution in [-0.4, -0.2) is 30.5 Å². The van der Waals surface area contributed by atoms with Gasteiger partial charge in [-0.05, 0) is 0 Å². The summed E-state index contributed by atoms with van der Waals surface area (Å²) >= 11 is 0. The molecule has 1 rings (SSSR count). The van der Waals surface area contributed by atoms with Crippen LogP contribution in [0.25, 0.3) is 0 Å². The zero-order valence-electron chi connectivity index (χ0n) is 5.49. The number of rotatable bonds is 2. The highest BCUT2D eigenvalue weighted by molar-refractivity contribution is 5.81. The SMILES string of the molecule is C=CC(=O)ON1C=NCC1. The van der Waals surface area contributed by atoms with Gasteiger partial charge in [0.15, 0.2) is 0 Å². The molecule has 10 heavy (non-hydrogen) atoms. The van der Waals surface area contributed by atoms with Gasteiger partial charge in [-0.15, -0.1) is 0 Å². The summed E-state index contributed by atoms with van der Waals surface area (Å²) in [5, 5.41) is 1.38. The summed E-state index contributed by atoms with van der Waals surface area (Å²) in [5.74, 6) is -0.451. The minimum Gasteiger partial charge on any atom is -0.335 e. The molecule has 0 saturated heterocycles. The Kier molecular flexibility index (Phi) is 2.04. The van der Waals surface area contributed by atoms with Crippen molar-refractivity contribution in [3.8, 4) is 0 Å². The van der Waals surface area contributed by atoms with Crippen molar-refractivity contribution in [2.45, 2.75) is 0 Å². The van der Waals surface area contributed by atoms with Crippen molar-refractivity contribution >= 4 is 12.3 Å². The molecule has 0 aliphatic carbocycles. The molecule has 0 aromatic heterocycles. The summed E-state index contributed by atoms with van der Waals surface area (Å²) in [7, 11) is 0. The maximum Gasteiger partial charge on any atom is 0.355 e. The Morgan fingerprint density at radius 1 is 1.90 bits per heavy atom. The van der Waals surface area contributed by atoms with Crippen LogP contribution in [0, 0.1) is 0 Å². The van der Waals surface area contributed by atoms with Crippen LogP contribution in [0.3, 0.4) is 0 Å². The average molecular weight is 140 g/mol. The molecule has 1 aliphatic heterocycles. The van der Waals surface area contributed by atoms with E-state index in [-0.39, 0.29) is 0 Å². The van der Waals surface area contributed by atoms with Crippen molar-refractivity contribution in [3.05, 3.63) is 12.7 Å². The fourth-order valence-corrected chi connectivity index (χ4v) is 0.585. The molecular formula is C6H8N2O2. The zero-order chi connectivity index (χ0) is 7.40. The van der Waals surface area contributed by atoms with Crippen molar-refractivity contribution in [3.63, 3.8) is 0 Å². The third kappa shape index (κ3) is 1.58. The van der Waals surface area contributed by atoms with E-state index in [1.165, 1.54) is 11.4 Å². The number of hydrogen-bond acceptors (Lipinski definition) is 4. The van der Waals surface area contributed by atoms with Crippen LogP contribution in [-0.2, 0) is 9.63 Å². The molecule has 1 aliphatic rings.